The van der Waals surface area contributed by atoms with Crippen molar-refractivity contribution in [1.29, 1.82) is 0 Å². The molecule has 0 saturated carbocycles. The zero-order chi connectivity index (χ0) is 13.8. The van der Waals surface area contributed by atoms with Gasteiger partial charge in [0, 0.05) is 28.2 Å². The van der Waals surface area contributed by atoms with Crippen LogP contribution >= 0.6 is 23.2 Å². The molecule has 0 fully saturated rings. The van der Waals surface area contributed by atoms with Gasteiger partial charge in [0.25, 0.3) is 0 Å². The van der Waals surface area contributed by atoms with E-state index in [1.54, 1.807) is 12.1 Å². The average molecular weight is 298 g/mol. The first-order valence-corrected chi connectivity index (χ1v) is 6.75. The number of hydrogen-bond acceptors (Lipinski definition) is 1. The molecule has 1 N–H and O–H groups in total. The molecule has 2 rings (SSSR count). The maximum Gasteiger partial charge on any atom is 0.129 e. The van der Waals surface area contributed by atoms with Gasteiger partial charge in [-0.25, -0.2) is 4.39 Å². The van der Waals surface area contributed by atoms with Crippen molar-refractivity contribution in [2.24, 2.45) is 0 Å². The minimum absolute atomic E-state index is 0.0452. The van der Waals surface area contributed by atoms with E-state index in [0.717, 1.165) is 5.56 Å². The van der Waals surface area contributed by atoms with Crippen molar-refractivity contribution >= 4 is 23.2 Å². The molecule has 1 atom stereocenters. The lowest BCUT2D eigenvalue weighted by molar-refractivity contribution is 0.544. The van der Waals surface area contributed by atoms with E-state index < -0.39 is 0 Å². The van der Waals surface area contributed by atoms with E-state index in [1.807, 2.05) is 31.2 Å². The monoisotopic (exact) mass is 297 g/mol. The van der Waals surface area contributed by atoms with Crippen LogP contribution in [0.15, 0.2) is 42.5 Å². The average Bonchev–Trinajstić information content (AvgIpc) is 2.38. The van der Waals surface area contributed by atoms with Crippen LogP contribution in [0.4, 0.5) is 4.39 Å². The van der Waals surface area contributed by atoms with Crippen LogP contribution in [-0.2, 0) is 6.54 Å². The second-order valence-electron chi connectivity index (χ2n) is 4.36. The third-order valence-electron chi connectivity index (χ3n) is 2.99. The number of hydrogen-bond donors (Lipinski definition) is 1. The van der Waals surface area contributed by atoms with Crippen LogP contribution in [-0.4, -0.2) is 0 Å². The van der Waals surface area contributed by atoms with Gasteiger partial charge < -0.3 is 5.32 Å². The highest BCUT2D eigenvalue weighted by Gasteiger charge is 2.10. The minimum atomic E-state index is -0.300. The predicted molar refractivity (Wildman–Crippen MR) is 78.1 cm³/mol. The highest BCUT2D eigenvalue weighted by atomic mass is 35.5. The molecule has 0 unspecified atom stereocenters. The Morgan fingerprint density at radius 3 is 2.58 bits per heavy atom. The van der Waals surface area contributed by atoms with Crippen LogP contribution in [0.2, 0.25) is 10.0 Å². The zero-order valence-corrected chi connectivity index (χ0v) is 12.0. The smallest absolute Gasteiger partial charge is 0.129 e. The summed E-state index contributed by atoms with van der Waals surface area (Å²) < 4.78 is 13.6. The summed E-state index contributed by atoms with van der Waals surface area (Å²) in [5.41, 5.74) is 1.59. The van der Waals surface area contributed by atoms with Gasteiger partial charge in [-0.15, -0.1) is 0 Å². The standard InChI is InChI=1S/C15H14Cl2FN/c1-10(13-4-2-3-5-14(13)17)19-9-11-6-7-12(16)8-15(11)18/h2-8,10,19H,9H2,1H3/t10-/m1/s1. The fourth-order valence-corrected chi connectivity index (χ4v) is 2.32. The topological polar surface area (TPSA) is 12.0 Å². The van der Waals surface area contributed by atoms with Gasteiger partial charge in [0.05, 0.1) is 0 Å². The van der Waals surface area contributed by atoms with E-state index in [9.17, 15) is 4.39 Å². The first kappa shape index (κ1) is 14.3. The Balaban J connectivity index is 2.04. The molecule has 0 aliphatic heterocycles. The molecular formula is C15H14Cl2FN. The molecule has 100 valence electrons. The van der Waals surface area contributed by atoms with Crippen molar-refractivity contribution in [2.45, 2.75) is 19.5 Å². The van der Waals surface area contributed by atoms with Crippen molar-refractivity contribution < 1.29 is 4.39 Å². The van der Waals surface area contributed by atoms with Crippen LogP contribution in [0.3, 0.4) is 0 Å². The molecule has 0 bridgehead atoms. The van der Waals surface area contributed by atoms with Gasteiger partial charge in [-0.1, -0.05) is 47.5 Å². The van der Waals surface area contributed by atoms with E-state index >= 15 is 0 Å². The molecule has 0 heterocycles. The van der Waals surface area contributed by atoms with Gasteiger partial charge in [-0.2, -0.15) is 0 Å². The predicted octanol–water partition coefficient (Wildman–Crippen LogP) is 4.98. The van der Waals surface area contributed by atoms with Crippen molar-refractivity contribution in [3.05, 3.63) is 69.5 Å². The third-order valence-corrected chi connectivity index (χ3v) is 3.56. The summed E-state index contributed by atoms with van der Waals surface area (Å²) in [5.74, 6) is -0.300. The van der Waals surface area contributed by atoms with Crippen molar-refractivity contribution in [1.82, 2.24) is 5.32 Å². The van der Waals surface area contributed by atoms with E-state index in [0.29, 0.717) is 22.2 Å². The molecule has 0 saturated heterocycles. The van der Waals surface area contributed by atoms with Crippen molar-refractivity contribution in [3.63, 3.8) is 0 Å². The lowest BCUT2D eigenvalue weighted by Gasteiger charge is -2.16. The van der Waals surface area contributed by atoms with E-state index in [4.69, 9.17) is 23.2 Å². The Labute approximate surface area is 122 Å². The van der Waals surface area contributed by atoms with Gasteiger partial charge in [-0.3, -0.25) is 0 Å². The van der Waals surface area contributed by atoms with Crippen LogP contribution < -0.4 is 5.32 Å². The fraction of sp³-hybridized carbons (Fsp3) is 0.200. The quantitative estimate of drug-likeness (QED) is 0.839. The number of rotatable bonds is 4. The lowest BCUT2D eigenvalue weighted by Crippen LogP contribution is -2.19. The van der Waals surface area contributed by atoms with Crippen LogP contribution in [0.5, 0.6) is 0 Å². The zero-order valence-electron chi connectivity index (χ0n) is 10.5. The van der Waals surface area contributed by atoms with Gasteiger partial charge in [0.2, 0.25) is 0 Å². The Morgan fingerprint density at radius 2 is 1.89 bits per heavy atom. The molecule has 0 aliphatic rings. The largest absolute Gasteiger partial charge is 0.306 e. The van der Waals surface area contributed by atoms with Gasteiger partial charge >= 0.3 is 0 Å². The molecule has 19 heavy (non-hydrogen) atoms. The van der Waals surface area contributed by atoms with Crippen molar-refractivity contribution in [3.8, 4) is 0 Å². The molecule has 0 aliphatic carbocycles. The molecular weight excluding hydrogens is 284 g/mol. The maximum atomic E-state index is 13.6. The molecule has 4 heteroatoms. The molecule has 0 aromatic heterocycles. The first-order valence-electron chi connectivity index (χ1n) is 5.99. The highest BCUT2D eigenvalue weighted by molar-refractivity contribution is 6.31. The lowest BCUT2D eigenvalue weighted by atomic mass is 10.1. The second kappa shape index (κ2) is 6.38. The summed E-state index contributed by atoms with van der Waals surface area (Å²) >= 11 is 11.8. The summed E-state index contributed by atoms with van der Waals surface area (Å²) in [4.78, 5) is 0. The molecule has 2 aromatic carbocycles. The van der Waals surface area contributed by atoms with Crippen LogP contribution in [0.25, 0.3) is 0 Å². The SMILES string of the molecule is C[C@@H](NCc1ccc(Cl)cc1F)c1ccccc1Cl. The van der Waals surface area contributed by atoms with E-state index in [1.165, 1.54) is 6.07 Å². The molecule has 2 aromatic rings. The maximum absolute atomic E-state index is 13.6. The summed E-state index contributed by atoms with van der Waals surface area (Å²) in [6, 6.07) is 12.4. The second-order valence-corrected chi connectivity index (χ2v) is 5.20. The minimum Gasteiger partial charge on any atom is -0.306 e. The number of benzene rings is 2. The normalized spacial score (nSPS) is 12.4. The number of nitrogens with one attached hydrogen (secondary N) is 1. The first-order chi connectivity index (χ1) is 9.08. The van der Waals surface area contributed by atoms with E-state index in [2.05, 4.69) is 5.32 Å². The van der Waals surface area contributed by atoms with Gasteiger partial charge in [0.15, 0.2) is 0 Å². The fourth-order valence-electron chi connectivity index (χ4n) is 1.86. The van der Waals surface area contributed by atoms with Crippen LogP contribution in [0, 0.1) is 5.82 Å². The summed E-state index contributed by atoms with van der Waals surface area (Å²) in [6.07, 6.45) is 0. The third kappa shape index (κ3) is 3.69. The van der Waals surface area contributed by atoms with Crippen molar-refractivity contribution in [2.75, 3.05) is 0 Å². The molecule has 0 amide bonds. The van der Waals surface area contributed by atoms with Crippen LogP contribution in [0.1, 0.15) is 24.1 Å². The molecule has 0 spiro atoms. The highest BCUT2D eigenvalue weighted by Crippen LogP contribution is 2.23. The van der Waals surface area contributed by atoms with E-state index in [-0.39, 0.29) is 11.9 Å². The molecule has 1 nitrogen and oxygen atoms in total. The Morgan fingerprint density at radius 1 is 1.16 bits per heavy atom. The Hall–Kier alpha value is -1.09. The Bertz CT molecular complexity index is 572. The summed E-state index contributed by atoms with van der Waals surface area (Å²) in [6.45, 7) is 2.42. The van der Waals surface area contributed by atoms with Gasteiger partial charge in [0.1, 0.15) is 5.82 Å². The summed E-state index contributed by atoms with van der Waals surface area (Å²) in [5, 5.41) is 4.36. The summed E-state index contributed by atoms with van der Waals surface area (Å²) in [7, 11) is 0. The molecule has 0 radical (unpaired) electrons. The van der Waals surface area contributed by atoms with Gasteiger partial charge in [-0.05, 0) is 30.7 Å². The number of halogens is 3. The Kier molecular flexibility index (Phi) is 4.81.